The molecule has 3 saturated heterocycles. The van der Waals surface area contributed by atoms with E-state index in [1.54, 1.807) is 0 Å². The van der Waals surface area contributed by atoms with Crippen LogP contribution in [0.15, 0.2) is 15.6 Å². The lowest BCUT2D eigenvalue weighted by Crippen LogP contribution is -2.40. The molecule has 3 aliphatic heterocycles. The summed E-state index contributed by atoms with van der Waals surface area (Å²) >= 11 is 0. The lowest BCUT2D eigenvalue weighted by molar-refractivity contribution is 0.0767. The van der Waals surface area contributed by atoms with Crippen molar-refractivity contribution in [3.05, 3.63) is 17.5 Å². The number of likely N-dealkylation sites (tertiary alicyclic amines) is 1. The van der Waals surface area contributed by atoms with Gasteiger partial charge in [0.1, 0.15) is 0 Å². The molecule has 3 aliphatic rings. The summed E-state index contributed by atoms with van der Waals surface area (Å²) in [5.41, 5.74) is 0.909. The van der Waals surface area contributed by atoms with Crippen molar-refractivity contribution in [2.75, 3.05) is 20.1 Å². The number of nitrogens with zero attached hydrogens (tertiary/aromatic N) is 3. The van der Waals surface area contributed by atoms with Crippen LogP contribution in [0.5, 0.6) is 0 Å². The van der Waals surface area contributed by atoms with Gasteiger partial charge in [0.25, 0.3) is 0 Å². The first kappa shape index (κ1) is 16.0. The van der Waals surface area contributed by atoms with Crippen LogP contribution in [0.2, 0.25) is 0 Å². The predicted octanol–water partition coefficient (Wildman–Crippen LogP) is 1.79. The van der Waals surface area contributed by atoms with E-state index in [0.717, 1.165) is 30.5 Å². The molecule has 22 heavy (non-hydrogen) atoms. The minimum atomic E-state index is 0. The third-order valence-corrected chi connectivity index (χ3v) is 5.06. The van der Waals surface area contributed by atoms with E-state index in [9.17, 15) is 0 Å². The fourth-order valence-corrected chi connectivity index (χ4v) is 4.13. The molecule has 0 aromatic carbocycles. The summed E-state index contributed by atoms with van der Waals surface area (Å²) in [6.07, 6.45) is 3.45. The molecule has 0 saturated carbocycles. The fourth-order valence-electron chi connectivity index (χ4n) is 4.13. The Hall–Kier alpha value is -0.830. The number of aromatic nitrogens is 1. The van der Waals surface area contributed by atoms with Gasteiger partial charge in [0.15, 0.2) is 11.7 Å². The first-order chi connectivity index (χ1) is 10.2. The SMILES string of the molecule is CN=C(NCc1cc(C)no1)N1CC2C3CCC(O3)C2C1.I. The molecule has 3 fully saturated rings. The molecule has 122 valence electrons. The molecular formula is C15H23IN4O2. The van der Waals surface area contributed by atoms with Crippen molar-refractivity contribution < 1.29 is 9.26 Å². The van der Waals surface area contributed by atoms with E-state index in [1.807, 2.05) is 20.0 Å². The van der Waals surface area contributed by atoms with Crippen molar-refractivity contribution in [2.45, 2.75) is 38.5 Å². The smallest absolute Gasteiger partial charge is 0.194 e. The highest BCUT2D eigenvalue weighted by molar-refractivity contribution is 14.0. The summed E-state index contributed by atoms with van der Waals surface area (Å²) < 4.78 is 11.3. The number of hydrogen-bond donors (Lipinski definition) is 1. The number of nitrogens with one attached hydrogen (secondary N) is 1. The van der Waals surface area contributed by atoms with Gasteiger partial charge in [0.05, 0.1) is 24.4 Å². The van der Waals surface area contributed by atoms with Crippen LogP contribution in [-0.2, 0) is 11.3 Å². The first-order valence-corrected chi connectivity index (χ1v) is 7.78. The van der Waals surface area contributed by atoms with Crippen LogP contribution in [-0.4, -0.2) is 48.4 Å². The van der Waals surface area contributed by atoms with Crippen molar-refractivity contribution in [3.8, 4) is 0 Å². The molecule has 4 atom stereocenters. The maximum Gasteiger partial charge on any atom is 0.194 e. The van der Waals surface area contributed by atoms with Crippen LogP contribution in [0.4, 0.5) is 0 Å². The zero-order chi connectivity index (χ0) is 14.4. The van der Waals surface area contributed by atoms with E-state index < -0.39 is 0 Å². The zero-order valence-electron chi connectivity index (χ0n) is 13.0. The van der Waals surface area contributed by atoms with Crippen molar-refractivity contribution >= 4 is 29.9 Å². The van der Waals surface area contributed by atoms with Crippen molar-refractivity contribution in [1.29, 1.82) is 0 Å². The van der Waals surface area contributed by atoms with E-state index in [-0.39, 0.29) is 24.0 Å². The number of guanidine groups is 1. The second-order valence-corrected chi connectivity index (χ2v) is 6.36. The normalized spacial score (nSPS) is 33.0. The molecule has 6 nitrogen and oxygen atoms in total. The molecule has 1 aromatic heterocycles. The Kier molecular flexibility index (Phi) is 4.63. The zero-order valence-corrected chi connectivity index (χ0v) is 15.3. The van der Waals surface area contributed by atoms with Crippen molar-refractivity contribution in [2.24, 2.45) is 16.8 Å². The molecule has 0 spiro atoms. The molecule has 0 aliphatic carbocycles. The standard InChI is InChI=1S/C15H22N4O2.HI/c1-9-5-10(21-18-9)6-17-15(16-2)19-7-11-12(8-19)14-4-3-13(11)20-14;/h5,11-14H,3-4,6-8H2,1-2H3,(H,16,17);1H. The fraction of sp³-hybridized carbons (Fsp3) is 0.733. The van der Waals surface area contributed by atoms with Gasteiger partial charge in [-0.15, -0.1) is 24.0 Å². The summed E-state index contributed by atoms with van der Waals surface area (Å²) in [5, 5.41) is 7.29. The monoisotopic (exact) mass is 418 g/mol. The average Bonchev–Trinajstić information content (AvgIpc) is 3.20. The van der Waals surface area contributed by atoms with Gasteiger partial charge in [-0.2, -0.15) is 0 Å². The lowest BCUT2D eigenvalue weighted by Gasteiger charge is -2.22. The van der Waals surface area contributed by atoms with Crippen molar-refractivity contribution in [3.63, 3.8) is 0 Å². The Morgan fingerprint density at radius 2 is 2.05 bits per heavy atom. The van der Waals surface area contributed by atoms with Gasteiger partial charge in [0.2, 0.25) is 0 Å². The number of rotatable bonds is 2. The third kappa shape index (κ3) is 2.73. The molecular weight excluding hydrogens is 395 g/mol. The largest absolute Gasteiger partial charge is 0.374 e. The lowest BCUT2D eigenvalue weighted by atomic mass is 9.82. The van der Waals surface area contributed by atoms with Gasteiger partial charge in [-0.25, -0.2) is 0 Å². The van der Waals surface area contributed by atoms with Gasteiger partial charge < -0.3 is 19.5 Å². The van der Waals surface area contributed by atoms with E-state index in [0.29, 0.717) is 30.6 Å². The van der Waals surface area contributed by atoms with Gasteiger partial charge in [-0.3, -0.25) is 4.99 Å². The number of fused-ring (bicyclic) bond motifs is 5. The maximum atomic E-state index is 6.02. The molecule has 4 rings (SSSR count). The Bertz CT molecular complexity index is 543. The van der Waals surface area contributed by atoms with Crippen LogP contribution in [0.25, 0.3) is 0 Å². The summed E-state index contributed by atoms with van der Waals surface area (Å²) in [7, 11) is 1.84. The van der Waals surface area contributed by atoms with Gasteiger partial charge in [0, 0.05) is 38.0 Å². The number of hydrogen-bond acceptors (Lipinski definition) is 4. The van der Waals surface area contributed by atoms with Gasteiger partial charge in [-0.05, 0) is 19.8 Å². The molecule has 1 aromatic rings. The Labute approximate surface area is 147 Å². The van der Waals surface area contributed by atoms with E-state index in [1.165, 1.54) is 12.8 Å². The van der Waals surface area contributed by atoms with Crippen LogP contribution in [0.1, 0.15) is 24.3 Å². The second kappa shape index (κ2) is 6.35. The molecule has 2 bridgehead atoms. The van der Waals surface area contributed by atoms with Crippen LogP contribution < -0.4 is 5.32 Å². The highest BCUT2D eigenvalue weighted by Crippen LogP contribution is 2.47. The first-order valence-electron chi connectivity index (χ1n) is 7.78. The highest BCUT2D eigenvalue weighted by Gasteiger charge is 2.53. The van der Waals surface area contributed by atoms with Gasteiger partial charge >= 0.3 is 0 Å². The third-order valence-electron chi connectivity index (χ3n) is 5.06. The topological polar surface area (TPSA) is 62.9 Å². The highest BCUT2D eigenvalue weighted by atomic mass is 127. The molecule has 0 radical (unpaired) electrons. The van der Waals surface area contributed by atoms with Crippen molar-refractivity contribution in [1.82, 2.24) is 15.4 Å². The molecule has 7 heteroatoms. The summed E-state index contributed by atoms with van der Waals surface area (Å²) in [6, 6.07) is 1.95. The number of aryl methyl sites for hydroxylation is 1. The van der Waals surface area contributed by atoms with Crippen LogP contribution in [0, 0.1) is 18.8 Å². The minimum Gasteiger partial charge on any atom is -0.374 e. The van der Waals surface area contributed by atoms with Crippen LogP contribution >= 0.6 is 24.0 Å². The predicted molar refractivity (Wildman–Crippen MR) is 93.3 cm³/mol. The molecule has 4 unspecified atom stereocenters. The van der Waals surface area contributed by atoms with E-state index in [4.69, 9.17) is 9.26 Å². The Morgan fingerprint density at radius 3 is 2.59 bits per heavy atom. The number of halogens is 1. The quantitative estimate of drug-likeness (QED) is 0.451. The molecule has 4 heterocycles. The average molecular weight is 418 g/mol. The maximum absolute atomic E-state index is 6.02. The Balaban J connectivity index is 0.00000144. The minimum absolute atomic E-state index is 0. The summed E-state index contributed by atoms with van der Waals surface area (Å²) in [6.45, 7) is 4.67. The summed E-state index contributed by atoms with van der Waals surface area (Å²) in [5.74, 6) is 3.18. The second-order valence-electron chi connectivity index (χ2n) is 6.36. The Morgan fingerprint density at radius 1 is 1.36 bits per heavy atom. The molecule has 0 amide bonds. The molecule has 1 N–H and O–H groups in total. The summed E-state index contributed by atoms with van der Waals surface area (Å²) in [4.78, 5) is 6.79. The van der Waals surface area contributed by atoms with E-state index in [2.05, 4.69) is 20.4 Å². The van der Waals surface area contributed by atoms with Crippen LogP contribution in [0.3, 0.4) is 0 Å². The van der Waals surface area contributed by atoms with E-state index >= 15 is 0 Å². The van der Waals surface area contributed by atoms with Gasteiger partial charge in [-0.1, -0.05) is 5.16 Å². The number of ether oxygens (including phenoxy) is 1. The number of aliphatic imine (C=N–C) groups is 1.